The van der Waals surface area contributed by atoms with Crippen LogP contribution in [0.4, 0.5) is 0 Å². The van der Waals surface area contributed by atoms with Crippen LogP contribution in [0.25, 0.3) is 0 Å². The maximum absolute atomic E-state index is 11.7. The second-order valence-corrected chi connectivity index (χ2v) is 6.21. The molecular weight excluding hydrogens is 252 g/mol. The van der Waals surface area contributed by atoms with E-state index in [1.54, 1.807) is 0 Å². The van der Waals surface area contributed by atoms with Gasteiger partial charge in [0.25, 0.3) is 0 Å². The average molecular weight is 284 g/mol. The van der Waals surface area contributed by atoms with Crippen LogP contribution in [0.1, 0.15) is 71.6 Å². The van der Waals surface area contributed by atoms with E-state index in [4.69, 9.17) is 10.5 Å². The van der Waals surface area contributed by atoms with Gasteiger partial charge in [-0.2, -0.15) is 0 Å². The summed E-state index contributed by atoms with van der Waals surface area (Å²) < 4.78 is 6.13. The Labute approximate surface area is 123 Å². The maximum Gasteiger partial charge on any atom is 0.237 e. The van der Waals surface area contributed by atoms with Gasteiger partial charge in [-0.1, -0.05) is 32.6 Å². The van der Waals surface area contributed by atoms with Gasteiger partial charge in [0, 0.05) is 6.42 Å². The Morgan fingerprint density at radius 1 is 1.45 bits per heavy atom. The SMILES string of the molecule is CCCCCCC(C)OC1CCCC(NC)(C(N)=O)C1. The molecule has 1 aliphatic carbocycles. The number of hydrogen-bond acceptors (Lipinski definition) is 3. The molecule has 0 radical (unpaired) electrons. The zero-order valence-corrected chi connectivity index (χ0v) is 13.4. The number of nitrogens with two attached hydrogens (primary N) is 1. The molecule has 4 nitrogen and oxygen atoms in total. The highest BCUT2D eigenvalue weighted by atomic mass is 16.5. The molecule has 118 valence electrons. The molecule has 1 fully saturated rings. The van der Waals surface area contributed by atoms with E-state index in [2.05, 4.69) is 19.2 Å². The molecule has 1 amide bonds. The number of ether oxygens (including phenoxy) is 1. The minimum absolute atomic E-state index is 0.157. The van der Waals surface area contributed by atoms with E-state index in [1.165, 1.54) is 25.7 Å². The van der Waals surface area contributed by atoms with Crippen molar-refractivity contribution in [2.24, 2.45) is 5.73 Å². The number of carbonyl (C=O) groups excluding carboxylic acids is 1. The standard InChI is InChI=1S/C16H32N2O2/c1-4-5-6-7-9-13(2)20-14-10-8-11-16(12-14,18-3)15(17)19/h13-14,18H,4-12H2,1-3H3,(H2,17,19). The lowest BCUT2D eigenvalue weighted by Gasteiger charge is -2.39. The molecule has 0 aromatic rings. The fourth-order valence-corrected chi connectivity index (χ4v) is 3.17. The third kappa shape index (κ3) is 5.06. The molecule has 0 bridgehead atoms. The molecule has 0 aromatic carbocycles. The van der Waals surface area contributed by atoms with Gasteiger partial charge in [-0.05, 0) is 39.7 Å². The Bertz CT molecular complexity index is 296. The van der Waals surface area contributed by atoms with E-state index in [1.807, 2.05) is 7.05 Å². The normalized spacial score (nSPS) is 28.2. The van der Waals surface area contributed by atoms with E-state index < -0.39 is 5.54 Å². The van der Waals surface area contributed by atoms with E-state index in [-0.39, 0.29) is 18.1 Å². The van der Waals surface area contributed by atoms with Crippen LogP contribution >= 0.6 is 0 Å². The molecule has 20 heavy (non-hydrogen) atoms. The Morgan fingerprint density at radius 3 is 2.80 bits per heavy atom. The summed E-state index contributed by atoms with van der Waals surface area (Å²) in [6, 6.07) is 0. The summed E-state index contributed by atoms with van der Waals surface area (Å²) in [6.45, 7) is 4.37. The Hall–Kier alpha value is -0.610. The van der Waals surface area contributed by atoms with Crippen LogP contribution in [0.15, 0.2) is 0 Å². The smallest absolute Gasteiger partial charge is 0.237 e. The summed E-state index contributed by atoms with van der Waals surface area (Å²) in [4.78, 5) is 11.7. The topological polar surface area (TPSA) is 64.3 Å². The van der Waals surface area contributed by atoms with E-state index in [0.717, 1.165) is 25.7 Å². The lowest BCUT2D eigenvalue weighted by atomic mass is 9.79. The first kappa shape index (κ1) is 17.4. The van der Waals surface area contributed by atoms with Crippen molar-refractivity contribution >= 4 is 5.91 Å². The monoisotopic (exact) mass is 284 g/mol. The number of unbranched alkanes of at least 4 members (excludes halogenated alkanes) is 3. The number of primary amides is 1. The summed E-state index contributed by atoms with van der Waals surface area (Å²) in [5, 5.41) is 3.13. The highest BCUT2D eigenvalue weighted by Crippen LogP contribution is 2.31. The average Bonchev–Trinajstić information content (AvgIpc) is 2.43. The first-order valence-corrected chi connectivity index (χ1v) is 8.18. The van der Waals surface area contributed by atoms with Crippen LogP contribution in [0, 0.1) is 0 Å². The van der Waals surface area contributed by atoms with Gasteiger partial charge in [0.05, 0.1) is 17.7 Å². The molecule has 4 heteroatoms. The van der Waals surface area contributed by atoms with Gasteiger partial charge >= 0.3 is 0 Å². The lowest BCUT2D eigenvalue weighted by Crippen LogP contribution is -2.57. The van der Waals surface area contributed by atoms with Crippen LogP contribution in [-0.4, -0.2) is 30.7 Å². The van der Waals surface area contributed by atoms with Gasteiger partial charge in [-0.3, -0.25) is 4.79 Å². The molecule has 1 rings (SSSR count). The number of rotatable bonds is 9. The van der Waals surface area contributed by atoms with Crippen molar-refractivity contribution < 1.29 is 9.53 Å². The Morgan fingerprint density at radius 2 is 2.20 bits per heavy atom. The number of likely N-dealkylation sites (N-methyl/N-ethyl adjacent to an activating group) is 1. The molecule has 1 saturated carbocycles. The molecular formula is C16H32N2O2. The number of nitrogens with one attached hydrogen (secondary N) is 1. The molecule has 0 heterocycles. The quantitative estimate of drug-likeness (QED) is 0.640. The summed E-state index contributed by atoms with van der Waals surface area (Å²) in [7, 11) is 1.82. The fourth-order valence-electron chi connectivity index (χ4n) is 3.17. The number of amides is 1. The minimum atomic E-state index is -0.565. The zero-order valence-electron chi connectivity index (χ0n) is 13.4. The van der Waals surface area contributed by atoms with Crippen molar-refractivity contribution in [2.75, 3.05) is 7.05 Å². The molecule has 3 unspecified atom stereocenters. The van der Waals surface area contributed by atoms with Crippen LogP contribution in [0.5, 0.6) is 0 Å². The predicted octanol–water partition coefficient (Wildman–Crippen LogP) is 2.75. The first-order valence-electron chi connectivity index (χ1n) is 8.18. The van der Waals surface area contributed by atoms with Gasteiger partial charge in [0.2, 0.25) is 5.91 Å². The van der Waals surface area contributed by atoms with Gasteiger partial charge in [0.15, 0.2) is 0 Å². The van der Waals surface area contributed by atoms with Crippen LogP contribution in [-0.2, 0) is 9.53 Å². The van der Waals surface area contributed by atoms with Crippen molar-refractivity contribution in [3.63, 3.8) is 0 Å². The first-order chi connectivity index (χ1) is 9.54. The van der Waals surface area contributed by atoms with Gasteiger partial charge in [-0.25, -0.2) is 0 Å². The lowest BCUT2D eigenvalue weighted by molar-refractivity contribution is -0.129. The summed E-state index contributed by atoms with van der Waals surface area (Å²) in [5.41, 5.74) is 5.00. The predicted molar refractivity (Wildman–Crippen MR) is 82.5 cm³/mol. The number of carbonyl (C=O) groups is 1. The second-order valence-electron chi connectivity index (χ2n) is 6.21. The van der Waals surface area contributed by atoms with E-state index in [0.29, 0.717) is 6.42 Å². The molecule has 3 atom stereocenters. The van der Waals surface area contributed by atoms with Crippen LogP contribution in [0.2, 0.25) is 0 Å². The Kier molecular flexibility index (Phi) is 7.52. The highest BCUT2D eigenvalue weighted by Gasteiger charge is 2.40. The maximum atomic E-state index is 11.7. The molecule has 1 aliphatic rings. The van der Waals surface area contributed by atoms with Crippen molar-refractivity contribution in [3.8, 4) is 0 Å². The Balaban J connectivity index is 2.37. The van der Waals surface area contributed by atoms with Gasteiger partial charge < -0.3 is 15.8 Å². The highest BCUT2D eigenvalue weighted by molar-refractivity contribution is 5.84. The van der Waals surface area contributed by atoms with Crippen molar-refractivity contribution in [2.45, 2.75) is 89.4 Å². The van der Waals surface area contributed by atoms with Crippen molar-refractivity contribution in [3.05, 3.63) is 0 Å². The third-order valence-corrected chi connectivity index (χ3v) is 4.54. The zero-order chi connectivity index (χ0) is 15.0. The number of hydrogen-bond donors (Lipinski definition) is 2. The summed E-state index contributed by atoms with van der Waals surface area (Å²) >= 11 is 0. The summed E-state index contributed by atoms with van der Waals surface area (Å²) in [5.74, 6) is -0.246. The third-order valence-electron chi connectivity index (χ3n) is 4.54. The van der Waals surface area contributed by atoms with Crippen LogP contribution < -0.4 is 11.1 Å². The minimum Gasteiger partial charge on any atom is -0.375 e. The molecule has 0 aromatic heterocycles. The summed E-state index contributed by atoms with van der Waals surface area (Å²) in [6.07, 6.45) is 10.2. The van der Waals surface area contributed by atoms with E-state index >= 15 is 0 Å². The fraction of sp³-hybridized carbons (Fsp3) is 0.938. The molecule has 0 spiro atoms. The second kappa shape index (κ2) is 8.63. The molecule has 0 aliphatic heterocycles. The van der Waals surface area contributed by atoms with Crippen molar-refractivity contribution in [1.29, 1.82) is 0 Å². The molecule has 0 saturated heterocycles. The van der Waals surface area contributed by atoms with Crippen molar-refractivity contribution in [1.82, 2.24) is 5.32 Å². The van der Waals surface area contributed by atoms with Crippen LogP contribution in [0.3, 0.4) is 0 Å². The van der Waals surface area contributed by atoms with Gasteiger partial charge in [-0.15, -0.1) is 0 Å². The largest absolute Gasteiger partial charge is 0.375 e. The molecule has 3 N–H and O–H groups in total. The van der Waals surface area contributed by atoms with E-state index in [9.17, 15) is 4.79 Å². The van der Waals surface area contributed by atoms with Gasteiger partial charge in [0.1, 0.15) is 0 Å².